The maximum Gasteiger partial charge on any atom is 0.306 e. The molecular weight excluding hydrogens is 745 g/mol. The van der Waals surface area contributed by atoms with E-state index in [9.17, 15) is 14.4 Å². The van der Waals surface area contributed by atoms with E-state index >= 15 is 0 Å². The summed E-state index contributed by atoms with van der Waals surface area (Å²) in [6.45, 7) is 6.34. The number of unbranched alkanes of at least 4 members (excludes halogenated alkanes) is 16. The second-order valence-electron chi connectivity index (χ2n) is 15.4. The van der Waals surface area contributed by atoms with Gasteiger partial charge < -0.3 is 14.2 Å². The van der Waals surface area contributed by atoms with Gasteiger partial charge in [-0.1, -0.05) is 207 Å². The van der Waals surface area contributed by atoms with E-state index in [0.29, 0.717) is 19.3 Å². The Labute approximate surface area is 368 Å². The molecule has 0 aliphatic rings. The molecule has 0 rings (SSSR count). The third-order valence-electron chi connectivity index (χ3n) is 9.64. The molecule has 0 N–H and O–H groups in total. The fourth-order valence-corrected chi connectivity index (χ4v) is 6.04. The fourth-order valence-electron chi connectivity index (χ4n) is 6.04. The van der Waals surface area contributed by atoms with Gasteiger partial charge in [-0.2, -0.15) is 0 Å². The summed E-state index contributed by atoms with van der Waals surface area (Å²) in [5.41, 5.74) is 0. The maximum atomic E-state index is 12.7. The van der Waals surface area contributed by atoms with Crippen LogP contribution in [0.15, 0.2) is 109 Å². The minimum Gasteiger partial charge on any atom is -0.462 e. The number of rotatable bonds is 41. The number of allylic oxidation sites excluding steroid dienone is 18. The van der Waals surface area contributed by atoms with Gasteiger partial charge in [-0.05, 0) is 77.0 Å². The van der Waals surface area contributed by atoms with Crippen LogP contribution in [0.2, 0.25) is 0 Å². The second kappa shape index (κ2) is 47.7. The summed E-state index contributed by atoms with van der Waals surface area (Å²) in [4.78, 5) is 37.8. The van der Waals surface area contributed by atoms with E-state index in [4.69, 9.17) is 14.2 Å². The molecule has 0 amide bonds. The van der Waals surface area contributed by atoms with Crippen LogP contribution in [0.4, 0.5) is 0 Å². The fraction of sp³-hybridized carbons (Fsp3) is 0.611. The lowest BCUT2D eigenvalue weighted by Gasteiger charge is -2.18. The van der Waals surface area contributed by atoms with Crippen LogP contribution in [0.3, 0.4) is 0 Å². The lowest BCUT2D eigenvalue weighted by atomic mass is 10.1. The van der Waals surface area contributed by atoms with Crippen molar-refractivity contribution in [1.29, 1.82) is 0 Å². The summed E-state index contributed by atoms with van der Waals surface area (Å²) < 4.78 is 16.6. The first-order valence-corrected chi connectivity index (χ1v) is 24.0. The van der Waals surface area contributed by atoms with Crippen molar-refractivity contribution in [2.75, 3.05) is 13.2 Å². The molecule has 1 unspecified atom stereocenters. The summed E-state index contributed by atoms with van der Waals surface area (Å²) in [6, 6.07) is 0. The summed E-state index contributed by atoms with van der Waals surface area (Å²) >= 11 is 0. The number of carbonyl (C=O) groups is 3. The minimum atomic E-state index is -0.821. The van der Waals surface area contributed by atoms with Gasteiger partial charge in [0.15, 0.2) is 6.10 Å². The van der Waals surface area contributed by atoms with Gasteiger partial charge in [0, 0.05) is 19.3 Å². The summed E-state index contributed by atoms with van der Waals surface area (Å²) in [7, 11) is 0. The molecule has 0 aromatic carbocycles. The van der Waals surface area contributed by atoms with Gasteiger partial charge in [-0.25, -0.2) is 0 Å². The molecule has 338 valence electrons. The van der Waals surface area contributed by atoms with Crippen molar-refractivity contribution in [3.8, 4) is 0 Å². The number of carbonyl (C=O) groups excluding carboxylic acids is 3. The van der Waals surface area contributed by atoms with E-state index in [1.54, 1.807) is 0 Å². The molecule has 0 aromatic rings. The van der Waals surface area contributed by atoms with Gasteiger partial charge >= 0.3 is 17.9 Å². The van der Waals surface area contributed by atoms with E-state index in [-0.39, 0.29) is 44.0 Å². The Morgan fingerprint density at radius 1 is 0.367 bits per heavy atom. The molecule has 6 heteroatoms. The predicted molar refractivity (Wildman–Crippen MR) is 256 cm³/mol. The highest BCUT2D eigenvalue weighted by Gasteiger charge is 2.19. The van der Waals surface area contributed by atoms with Gasteiger partial charge in [0.1, 0.15) is 13.2 Å². The monoisotopic (exact) mass is 831 g/mol. The van der Waals surface area contributed by atoms with Crippen LogP contribution >= 0.6 is 0 Å². The second-order valence-corrected chi connectivity index (χ2v) is 15.4. The smallest absolute Gasteiger partial charge is 0.306 e. The average Bonchev–Trinajstić information content (AvgIpc) is 3.24. The third-order valence-corrected chi connectivity index (χ3v) is 9.64. The topological polar surface area (TPSA) is 78.9 Å². The highest BCUT2D eigenvalue weighted by molar-refractivity contribution is 5.71. The van der Waals surface area contributed by atoms with Crippen molar-refractivity contribution in [1.82, 2.24) is 0 Å². The quantitative estimate of drug-likeness (QED) is 0.0201. The highest BCUT2D eigenvalue weighted by atomic mass is 16.6. The Morgan fingerprint density at radius 2 is 0.733 bits per heavy atom. The molecule has 0 aromatic heterocycles. The van der Waals surface area contributed by atoms with Crippen LogP contribution in [0.5, 0.6) is 0 Å². The standard InChI is InChI=1S/C54H86O6/c1-4-7-10-13-16-19-22-24-26-27-29-30-32-35-38-41-44-47-53(56)59-50-51(49-58-52(55)46-43-40-37-34-21-18-15-12-9-6-3)60-54(57)48-45-42-39-36-33-31-28-25-23-20-17-14-11-8-5-2/h8,11,14,16-17,19-20,23-26,28-31,33,35,38,51H,4-7,9-10,12-13,15,18,21-22,27,32,34,36-37,39-50H2,1-3H3/b11-8-,17-14-,19-16-,23-20-,26-24-,28-25-,30-29-,33-31-,38-35-. The number of hydrogen-bond acceptors (Lipinski definition) is 6. The van der Waals surface area contributed by atoms with Crippen LogP contribution in [0.1, 0.15) is 194 Å². The van der Waals surface area contributed by atoms with Crippen LogP contribution in [0, 0.1) is 0 Å². The van der Waals surface area contributed by atoms with E-state index in [1.807, 2.05) is 48.6 Å². The molecular formula is C54H86O6. The molecule has 0 heterocycles. The minimum absolute atomic E-state index is 0.114. The van der Waals surface area contributed by atoms with E-state index in [2.05, 4.69) is 81.5 Å². The molecule has 1 atom stereocenters. The molecule has 0 aliphatic heterocycles. The zero-order valence-corrected chi connectivity index (χ0v) is 38.4. The van der Waals surface area contributed by atoms with Crippen LogP contribution in [0.25, 0.3) is 0 Å². The van der Waals surface area contributed by atoms with E-state index < -0.39 is 6.10 Å². The predicted octanol–water partition coefficient (Wildman–Crippen LogP) is 15.6. The van der Waals surface area contributed by atoms with Gasteiger partial charge in [0.25, 0.3) is 0 Å². The molecule has 0 radical (unpaired) electrons. The maximum absolute atomic E-state index is 12.7. The SMILES string of the molecule is CC\C=C/C=C\C=C/C=C\C=C/CCCCCC(=O)OC(COC(=O)CCC/C=C\C/C=C\C/C=C\C/C=C\CCCCC)COC(=O)CCCCCCCCCCCC. The van der Waals surface area contributed by atoms with Crippen LogP contribution in [-0.4, -0.2) is 37.2 Å². The van der Waals surface area contributed by atoms with E-state index in [1.165, 1.54) is 70.6 Å². The molecule has 0 aliphatic carbocycles. The Bertz CT molecular complexity index is 1280. The number of ether oxygens (including phenoxy) is 3. The van der Waals surface area contributed by atoms with Gasteiger partial charge in [0.2, 0.25) is 0 Å². The van der Waals surface area contributed by atoms with Gasteiger partial charge in [-0.15, -0.1) is 0 Å². The summed E-state index contributed by atoms with van der Waals surface area (Å²) in [5, 5.41) is 0. The molecule has 0 saturated heterocycles. The normalized spacial score (nSPS) is 13.1. The van der Waals surface area contributed by atoms with Gasteiger partial charge in [-0.3, -0.25) is 14.4 Å². The molecule has 0 spiro atoms. The molecule has 0 bridgehead atoms. The van der Waals surface area contributed by atoms with Gasteiger partial charge in [0.05, 0.1) is 0 Å². The van der Waals surface area contributed by atoms with Crippen molar-refractivity contribution in [3.05, 3.63) is 109 Å². The zero-order valence-electron chi connectivity index (χ0n) is 38.4. The molecule has 0 saturated carbocycles. The van der Waals surface area contributed by atoms with Crippen molar-refractivity contribution >= 4 is 17.9 Å². The molecule has 0 fully saturated rings. The Kier molecular flexibility index (Phi) is 44.6. The van der Waals surface area contributed by atoms with Crippen molar-refractivity contribution in [2.24, 2.45) is 0 Å². The average molecular weight is 831 g/mol. The number of hydrogen-bond donors (Lipinski definition) is 0. The number of esters is 3. The van der Waals surface area contributed by atoms with Crippen molar-refractivity contribution in [2.45, 2.75) is 200 Å². The Hall–Kier alpha value is -3.93. The third kappa shape index (κ3) is 45.2. The largest absolute Gasteiger partial charge is 0.462 e. The van der Waals surface area contributed by atoms with Crippen LogP contribution in [-0.2, 0) is 28.6 Å². The first-order valence-electron chi connectivity index (χ1n) is 24.0. The van der Waals surface area contributed by atoms with Crippen LogP contribution < -0.4 is 0 Å². The zero-order chi connectivity index (χ0) is 43.7. The Balaban J connectivity index is 4.56. The van der Waals surface area contributed by atoms with Crippen molar-refractivity contribution < 1.29 is 28.6 Å². The van der Waals surface area contributed by atoms with E-state index in [0.717, 1.165) is 70.6 Å². The highest BCUT2D eigenvalue weighted by Crippen LogP contribution is 2.13. The first kappa shape index (κ1) is 56.1. The Morgan fingerprint density at radius 3 is 1.27 bits per heavy atom. The van der Waals surface area contributed by atoms with Crippen molar-refractivity contribution in [3.63, 3.8) is 0 Å². The molecule has 60 heavy (non-hydrogen) atoms. The lowest BCUT2D eigenvalue weighted by molar-refractivity contribution is -0.167. The summed E-state index contributed by atoms with van der Waals surface area (Å²) in [6.07, 6.45) is 63.6. The summed E-state index contributed by atoms with van der Waals surface area (Å²) in [5.74, 6) is -1.03. The lowest BCUT2D eigenvalue weighted by Crippen LogP contribution is -2.30. The first-order chi connectivity index (χ1) is 29.5. The molecule has 6 nitrogen and oxygen atoms in total.